The molecule has 0 aliphatic rings. The molecule has 0 saturated carbocycles. The zero-order chi connectivity index (χ0) is 23.6. The van der Waals surface area contributed by atoms with E-state index in [1.165, 1.54) is 31.1 Å². The summed E-state index contributed by atoms with van der Waals surface area (Å²) in [6, 6.07) is 9.55. The predicted octanol–water partition coefficient (Wildman–Crippen LogP) is 4.16. The molecule has 0 saturated heterocycles. The van der Waals surface area contributed by atoms with Crippen molar-refractivity contribution in [2.24, 2.45) is 0 Å². The standard InChI is InChI=1S/C22H23ClN2O5S2/c1-14-10-18(15(2)25(14)12-16-6-5-9-31-16)21(26)13-30-22(27)19-11-17(7-8-20(19)23)32(28,29)24(3)4/h5-11H,12-13H2,1-4H3. The van der Waals surface area contributed by atoms with E-state index < -0.39 is 22.6 Å². The van der Waals surface area contributed by atoms with Crippen molar-refractivity contribution in [1.29, 1.82) is 0 Å². The number of hydrogen-bond donors (Lipinski definition) is 0. The Balaban J connectivity index is 1.75. The minimum atomic E-state index is -3.76. The van der Waals surface area contributed by atoms with Crippen LogP contribution in [0.1, 0.15) is 37.0 Å². The molecule has 32 heavy (non-hydrogen) atoms. The first-order chi connectivity index (χ1) is 15.0. The number of thiophene rings is 1. The Kier molecular flexibility index (Phi) is 7.24. The van der Waals surface area contributed by atoms with Gasteiger partial charge in [0.2, 0.25) is 15.8 Å². The minimum absolute atomic E-state index is 0.0364. The van der Waals surface area contributed by atoms with E-state index in [9.17, 15) is 18.0 Å². The molecule has 0 radical (unpaired) electrons. The van der Waals surface area contributed by atoms with Crippen molar-refractivity contribution in [3.05, 3.63) is 74.2 Å². The van der Waals surface area contributed by atoms with Crippen LogP contribution >= 0.6 is 22.9 Å². The molecule has 10 heteroatoms. The number of sulfonamides is 1. The molecule has 0 atom stereocenters. The van der Waals surface area contributed by atoms with Crippen LogP contribution in [-0.4, -0.2) is 49.7 Å². The lowest BCUT2D eigenvalue weighted by Crippen LogP contribution is -2.22. The van der Waals surface area contributed by atoms with Gasteiger partial charge < -0.3 is 9.30 Å². The van der Waals surface area contributed by atoms with Gasteiger partial charge in [-0.1, -0.05) is 17.7 Å². The molecular weight excluding hydrogens is 472 g/mol. The van der Waals surface area contributed by atoms with Gasteiger partial charge in [-0.3, -0.25) is 4.79 Å². The normalized spacial score (nSPS) is 11.7. The van der Waals surface area contributed by atoms with Crippen molar-refractivity contribution in [2.75, 3.05) is 20.7 Å². The SMILES string of the molecule is Cc1cc(C(=O)COC(=O)c2cc(S(=O)(=O)N(C)C)ccc2Cl)c(C)n1Cc1cccs1. The average Bonchev–Trinajstić information content (AvgIpc) is 3.35. The summed E-state index contributed by atoms with van der Waals surface area (Å²) in [6.07, 6.45) is 0. The Bertz CT molecular complexity index is 1260. The van der Waals surface area contributed by atoms with Crippen molar-refractivity contribution >= 4 is 44.7 Å². The van der Waals surface area contributed by atoms with Gasteiger partial charge in [0, 0.05) is 35.9 Å². The Morgan fingerprint density at radius 3 is 2.47 bits per heavy atom. The van der Waals surface area contributed by atoms with Gasteiger partial charge in [-0.25, -0.2) is 17.5 Å². The summed E-state index contributed by atoms with van der Waals surface area (Å²) in [5.41, 5.74) is 2.07. The molecule has 2 aromatic heterocycles. The lowest BCUT2D eigenvalue weighted by molar-refractivity contribution is 0.0474. The van der Waals surface area contributed by atoms with Gasteiger partial charge in [0.1, 0.15) is 0 Å². The largest absolute Gasteiger partial charge is 0.454 e. The number of benzene rings is 1. The van der Waals surface area contributed by atoms with Gasteiger partial charge in [-0.05, 0) is 49.6 Å². The molecule has 0 bridgehead atoms. The summed E-state index contributed by atoms with van der Waals surface area (Å²) >= 11 is 7.71. The van der Waals surface area contributed by atoms with E-state index in [0.29, 0.717) is 12.1 Å². The molecule has 3 aromatic rings. The third-order valence-electron chi connectivity index (χ3n) is 5.04. The molecule has 0 aliphatic carbocycles. The fourth-order valence-electron chi connectivity index (χ4n) is 3.20. The van der Waals surface area contributed by atoms with Crippen LogP contribution in [0.15, 0.2) is 46.7 Å². The number of Topliss-reactive ketones (excluding diaryl/α,β-unsaturated/α-hetero) is 1. The number of carbonyl (C=O) groups excluding carboxylic acids is 2. The smallest absolute Gasteiger partial charge is 0.340 e. The summed E-state index contributed by atoms with van der Waals surface area (Å²) in [5.74, 6) is -1.22. The van der Waals surface area contributed by atoms with Gasteiger partial charge >= 0.3 is 5.97 Å². The number of carbonyl (C=O) groups is 2. The zero-order valence-electron chi connectivity index (χ0n) is 18.1. The van der Waals surface area contributed by atoms with E-state index in [2.05, 4.69) is 0 Å². The third-order valence-corrected chi connectivity index (χ3v) is 8.04. The highest BCUT2D eigenvalue weighted by molar-refractivity contribution is 7.89. The Labute approximate surface area is 196 Å². The van der Waals surface area contributed by atoms with Crippen LogP contribution in [-0.2, 0) is 21.3 Å². The molecule has 0 unspecified atom stereocenters. The molecule has 170 valence electrons. The predicted molar refractivity (Wildman–Crippen MR) is 124 cm³/mol. The second kappa shape index (κ2) is 9.58. The Hall–Kier alpha value is -2.46. The van der Waals surface area contributed by atoms with Crippen molar-refractivity contribution in [3.63, 3.8) is 0 Å². The van der Waals surface area contributed by atoms with Crippen LogP contribution < -0.4 is 0 Å². The Morgan fingerprint density at radius 1 is 1.12 bits per heavy atom. The van der Waals surface area contributed by atoms with Gasteiger partial charge in [0.25, 0.3) is 0 Å². The second-order valence-electron chi connectivity index (χ2n) is 7.38. The topological polar surface area (TPSA) is 85.7 Å². The molecular formula is C22H23ClN2O5S2. The van der Waals surface area contributed by atoms with Crippen LogP contribution in [0.5, 0.6) is 0 Å². The maximum absolute atomic E-state index is 12.7. The zero-order valence-corrected chi connectivity index (χ0v) is 20.5. The van der Waals surface area contributed by atoms with Gasteiger partial charge in [0.05, 0.1) is 22.0 Å². The van der Waals surface area contributed by atoms with E-state index >= 15 is 0 Å². The molecule has 3 rings (SSSR count). The fourth-order valence-corrected chi connectivity index (χ4v) is 5.02. The fraction of sp³-hybridized carbons (Fsp3) is 0.273. The first-order valence-corrected chi connectivity index (χ1v) is 12.3. The number of ketones is 1. The lowest BCUT2D eigenvalue weighted by Gasteiger charge is -2.13. The quantitative estimate of drug-likeness (QED) is 0.347. The first-order valence-electron chi connectivity index (χ1n) is 9.64. The summed E-state index contributed by atoms with van der Waals surface area (Å²) in [6.45, 7) is 3.94. The van der Waals surface area contributed by atoms with Crippen LogP contribution in [0, 0.1) is 13.8 Å². The van der Waals surface area contributed by atoms with Gasteiger partial charge in [-0.2, -0.15) is 0 Å². The van der Waals surface area contributed by atoms with Crippen LogP contribution in [0.2, 0.25) is 5.02 Å². The van der Waals surface area contributed by atoms with Gasteiger partial charge in [0.15, 0.2) is 6.61 Å². The monoisotopic (exact) mass is 494 g/mol. The van der Waals surface area contributed by atoms with E-state index in [4.69, 9.17) is 16.3 Å². The summed E-state index contributed by atoms with van der Waals surface area (Å²) in [5, 5.41) is 2.04. The van der Waals surface area contributed by atoms with Crippen molar-refractivity contribution in [2.45, 2.75) is 25.3 Å². The number of aromatic nitrogens is 1. The summed E-state index contributed by atoms with van der Waals surface area (Å²) in [4.78, 5) is 26.4. The highest BCUT2D eigenvalue weighted by Crippen LogP contribution is 2.24. The molecule has 1 aromatic carbocycles. The molecule has 7 nitrogen and oxygen atoms in total. The maximum atomic E-state index is 12.7. The summed E-state index contributed by atoms with van der Waals surface area (Å²) in [7, 11) is -0.986. The number of esters is 1. The highest BCUT2D eigenvalue weighted by atomic mass is 35.5. The number of ether oxygens (including phenoxy) is 1. The van der Waals surface area contributed by atoms with Crippen molar-refractivity contribution in [3.8, 4) is 0 Å². The molecule has 0 fully saturated rings. The first kappa shape index (κ1) is 24.2. The van der Waals surface area contributed by atoms with E-state index in [0.717, 1.165) is 21.8 Å². The molecule has 0 N–H and O–H groups in total. The van der Waals surface area contributed by atoms with E-state index in [-0.39, 0.29) is 21.3 Å². The molecule has 0 spiro atoms. The number of hydrogen-bond acceptors (Lipinski definition) is 6. The van der Waals surface area contributed by atoms with Gasteiger partial charge in [-0.15, -0.1) is 11.3 Å². The molecule has 0 amide bonds. The molecule has 2 heterocycles. The summed E-state index contributed by atoms with van der Waals surface area (Å²) < 4.78 is 32.9. The number of rotatable bonds is 8. The lowest BCUT2D eigenvalue weighted by atomic mass is 10.1. The Morgan fingerprint density at radius 2 is 1.84 bits per heavy atom. The van der Waals surface area contributed by atoms with E-state index in [1.54, 1.807) is 17.4 Å². The second-order valence-corrected chi connectivity index (χ2v) is 11.0. The van der Waals surface area contributed by atoms with Crippen molar-refractivity contribution in [1.82, 2.24) is 8.87 Å². The van der Waals surface area contributed by atoms with Crippen LogP contribution in [0.3, 0.4) is 0 Å². The number of nitrogens with zero attached hydrogens (tertiary/aromatic N) is 2. The molecule has 0 aliphatic heterocycles. The minimum Gasteiger partial charge on any atom is -0.454 e. The van der Waals surface area contributed by atoms with Crippen LogP contribution in [0.4, 0.5) is 0 Å². The number of aryl methyl sites for hydroxylation is 1. The average molecular weight is 495 g/mol. The van der Waals surface area contributed by atoms with E-state index in [1.807, 2.05) is 35.9 Å². The van der Waals surface area contributed by atoms with Crippen LogP contribution in [0.25, 0.3) is 0 Å². The number of halogens is 1. The maximum Gasteiger partial charge on any atom is 0.340 e. The third kappa shape index (κ3) is 4.96. The van der Waals surface area contributed by atoms with Crippen molar-refractivity contribution < 1.29 is 22.7 Å². The highest BCUT2D eigenvalue weighted by Gasteiger charge is 2.23.